The highest BCUT2D eigenvalue weighted by atomic mass is 16.4. The van der Waals surface area contributed by atoms with Crippen LogP contribution < -0.4 is 5.32 Å². The number of aromatic nitrogens is 1. The molecule has 0 unspecified atom stereocenters. The van der Waals surface area contributed by atoms with Crippen LogP contribution in [0.5, 0.6) is 0 Å². The van der Waals surface area contributed by atoms with E-state index in [1.54, 1.807) is 6.07 Å². The maximum atomic E-state index is 11.3. The normalized spacial score (nSPS) is 19.4. The van der Waals surface area contributed by atoms with Gasteiger partial charge in [0, 0.05) is 31.5 Å². The lowest BCUT2D eigenvalue weighted by Gasteiger charge is -2.42. The second-order valence-corrected chi connectivity index (χ2v) is 8.47. The molecule has 5 heteroatoms. The van der Waals surface area contributed by atoms with Crippen LogP contribution in [0.15, 0.2) is 48.8 Å². The predicted molar refractivity (Wildman–Crippen MR) is 109 cm³/mol. The van der Waals surface area contributed by atoms with Crippen molar-refractivity contribution >= 4 is 5.97 Å². The van der Waals surface area contributed by atoms with Crippen molar-refractivity contribution in [2.75, 3.05) is 19.6 Å². The number of nitrogens with zero attached hydrogens (tertiary/aromatic N) is 2. The molecule has 2 N–H and O–H groups in total. The summed E-state index contributed by atoms with van der Waals surface area (Å²) >= 11 is 0. The maximum Gasteiger partial charge on any atom is 0.335 e. The van der Waals surface area contributed by atoms with E-state index in [1.807, 2.05) is 30.6 Å². The Morgan fingerprint density at radius 2 is 1.96 bits per heavy atom. The van der Waals surface area contributed by atoms with Gasteiger partial charge in [0.15, 0.2) is 0 Å². The maximum absolute atomic E-state index is 11.3. The summed E-state index contributed by atoms with van der Waals surface area (Å²) in [6, 6.07) is 12.3. The average molecular weight is 380 g/mol. The molecule has 0 atom stereocenters. The van der Waals surface area contributed by atoms with Crippen molar-refractivity contribution in [2.24, 2.45) is 5.41 Å². The van der Waals surface area contributed by atoms with Gasteiger partial charge in [0.25, 0.3) is 0 Å². The number of carboxylic acids is 1. The van der Waals surface area contributed by atoms with Gasteiger partial charge in [0.1, 0.15) is 0 Å². The Morgan fingerprint density at radius 3 is 2.64 bits per heavy atom. The largest absolute Gasteiger partial charge is 0.478 e. The van der Waals surface area contributed by atoms with Gasteiger partial charge in [-0.2, -0.15) is 0 Å². The monoisotopic (exact) mass is 379 g/mol. The van der Waals surface area contributed by atoms with Gasteiger partial charge in [0.2, 0.25) is 0 Å². The Morgan fingerprint density at radius 1 is 1.18 bits per heavy atom. The van der Waals surface area contributed by atoms with Crippen molar-refractivity contribution in [3.8, 4) is 0 Å². The number of hydrogen-bond acceptors (Lipinski definition) is 4. The third kappa shape index (κ3) is 4.97. The molecule has 2 aromatic rings. The second-order valence-electron chi connectivity index (χ2n) is 8.47. The summed E-state index contributed by atoms with van der Waals surface area (Å²) < 4.78 is 0. The number of carbonyl (C=O) groups is 1. The van der Waals surface area contributed by atoms with Gasteiger partial charge in [-0.3, -0.25) is 9.88 Å². The summed E-state index contributed by atoms with van der Waals surface area (Å²) in [7, 11) is 0. The first-order valence-electron chi connectivity index (χ1n) is 10.3. The Bertz CT molecular complexity index is 797. The van der Waals surface area contributed by atoms with Crippen LogP contribution >= 0.6 is 0 Å². The molecule has 0 radical (unpaired) electrons. The van der Waals surface area contributed by atoms with Crippen LogP contribution in [0.4, 0.5) is 0 Å². The van der Waals surface area contributed by atoms with E-state index in [2.05, 4.69) is 27.3 Å². The highest BCUT2D eigenvalue weighted by Gasteiger charge is 2.36. The summed E-state index contributed by atoms with van der Waals surface area (Å²) in [5, 5.41) is 13.1. The molecule has 148 valence electrons. The molecule has 0 amide bonds. The van der Waals surface area contributed by atoms with E-state index < -0.39 is 5.97 Å². The van der Waals surface area contributed by atoms with E-state index in [9.17, 15) is 9.90 Å². The molecule has 0 spiro atoms. The van der Waals surface area contributed by atoms with Crippen LogP contribution in [0.25, 0.3) is 0 Å². The minimum Gasteiger partial charge on any atom is -0.478 e. The lowest BCUT2D eigenvalue weighted by molar-refractivity contribution is 0.0696. The topological polar surface area (TPSA) is 65.5 Å². The van der Waals surface area contributed by atoms with E-state index in [-0.39, 0.29) is 5.41 Å². The van der Waals surface area contributed by atoms with Crippen LogP contribution in [0.3, 0.4) is 0 Å². The third-order valence-corrected chi connectivity index (χ3v) is 6.14. The minimum absolute atomic E-state index is 0.200. The molecule has 2 heterocycles. The number of rotatable bonds is 8. The van der Waals surface area contributed by atoms with Gasteiger partial charge in [0.05, 0.1) is 5.56 Å². The Balaban J connectivity index is 1.43. The smallest absolute Gasteiger partial charge is 0.335 e. The number of carboxylic acid groups (broad SMARTS) is 1. The fraction of sp³-hybridized carbons (Fsp3) is 0.478. The van der Waals surface area contributed by atoms with Gasteiger partial charge < -0.3 is 10.4 Å². The first-order chi connectivity index (χ1) is 13.6. The fourth-order valence-electron chi connectivity index (χ4n) is 4.25. The van der Waals surface area contributed by atoms with E-state index in [4.69, 9.17) is 0 Å². The fourth-order valence-corrected chi connectivity index (χ4v) is 4.25. The molecule has 1 saturated heterocycles. The molecule has 2 aliphatic rings. The molecule has 28 heavy (non-hydrogen) atoms. The Hall–Kier alpha value is -2.24. The number of likely N-dealkylation sites (tertiary alicyclic amines) is 1. The van der Waals surface area contributed by atoms with Gasteiger partial charge >= 0.3 is 5.97 Å². The van der Waals surface area contributed by atoms with E-state index in [0.29, 0.717) is 11.6 Å². The zero-order chi connectivity index (χ0) is 19.4. The van der Waals surface area contributed by atoms with Crippen molar-refractivity contribution in [1.29, 1.82) is 0 Å². The quantitative estimate of drug-likeness (QED) is 0.736. The minimum atomic E-state index is -0.849. The number of aromatic carboxylic acids is 1. The molecular formula is C23H29N3O2. The van der Waals surface area contributed by atoms with Crippen molar-refractivity contribution < 1.29 is 9.90 Å². The summed E-state index contributed by atoms with van der Waals surface area (Å²) in [4.78, 5) is 18.1. The Labute approximate surface area is 166 Å². The van der Waals surface area contributed by atoms with Crippen LogP contribution in [0.2, 0.25) is 0 Å². The van der Waals surface area contributed by atoms with E-state index in [0.717, 1.165) is 51.0 Å². The first-order valence-corrected chi connectivity index (χ1v) is 10.3. The summed E-state index contributed by atoms with van der Waals surface area (Å²) in [5.41, 5.74) is 2.99. The zero-order valence-electron chi connectivity index (χ0n) is 16.3. The van der Waals surface area contributed by atoms with Gasteiger partial charge in [-0.05, 0) is 79.9 Å². The molecule has 1 saturated carbocycles. The van der Waals surface area contributed by atoms with E-state index >= 15 is 0 Å². The van der Waals surface area contributed by atoms with Crippen LogP contribution in [0.1, 0.15) is 47.2 Å². The van der Waals surface area contributed by atoms with Crippen LogP contribution in [0, 0.1) is 5.41 Å². The molecule has 0 bridgehead atoms. The van der Waals surface area contributed by atoms with Gasteiger partial charge in [-0.1, -0.05) is 18.2 Å². The highest BCUT2D eigenvalue weighted by Crippen LogP contribution is 2.36. The zero-order valence-corrected chi connectivity index (χ0v) is 16.3. The molecular weight excluding hydrogens is 350 g/mol. The molecule has 5 nitrogen and oxygen atoms in total. The molecule has 2 fully saturated rings. The molecule has 1 aliphatic carbocycles. The van der Waals surface area contributed by atoms with Crippen molar-refractivity contribution in [3.63, 3.8) is 0 Å². The van der Waals surface area contributed by atoms with E-state index in [1.165, 1.54) is 18.4 Å². The van der Waals surface area contributed by atoms with Crippen molar-refractivity contribution in [3.05, 3.63) is 65.5 Å². The number of benzene rings is 1. The lowest BCUT2D eigenvalue weighted by Crippen LogP contribution is -2.46. The molecule has 1 aromatic heterocycles. The number of hydrogen-bond donors (Lipinski definition) is 2. The molecule has 4 rings (SSSR count). The third-order valence-electron chi connectivity index (χ3n) is 6.14. The SMILES string of the molecule is O=C(O)c1cccc(CC2(CNC3CC3)CCN(Cc3cccnc3)CC2)c1. The highest BCUT2D eigenvalue weighted by molar-refractivity contribution is 5.87. The van der Waals surface area contributed by atoms with Crippen molar-refractivity contribution in [1.82, 2.24) is 15.2 Å². The Kier molecular flexibility index (Phi) is 5.74. The first kappa shape index (κ1) is 19.1. The summed E-state index contributed by atoms with van der Waals surface area (Å²) in [6.45, 7) is 4.11. The van der Waals surface area contributed by atoms with Gasteiger partial charge in [-0.25, -0.2) is 4.79 Å². The number of nitrogens with one attached hydrogen (secondary N) is 1. The summed E-state index contributed by atoms with van der Waals surface area (Å²) in [5.74, 6) is -0.849. The van der Waals surface area contributed by atoms with Gasteiger partial charge in [-0.15, -0.1) is 0 Å². The molecule has 1 aromatic carbocycles. The predicted octanol–water partition coefficient (Wildman–Crippen LogP) is 3.36. The van der Waals surface area contributed by atoms with Crippen LogP contribution in [-0.2, 0) is 13.0 Å². The standard InChI is InChI=1S/C23H29N3O2/c27-22(28)20-5-1-3-18(13-20)14-23(17-25-21-6-7-21)8-11-26(12-9-23)16-19-4-2-10-24-15-19/h1-5,10,13,15,21,25H,6-9,11-12,14,16-17H2,(H,27,28). The second kappa shape index (κ2) is 8.41. The number of piperidine rings is 1. The number of pyridine rings is 1. The lowest BCUT2D eigenvalue weighted by atomic mass is 9.73. The molecule has 1 aliphatic heterocycles. The van der Waals surface area contributed by atoms with Crippen LogP contribution in [-0.4, -0.2) is 46.6 Å². The van der Waals surface area contributed by atoms with Crippen molar-refractivity contribution in [2.45, 2.75) is 44.7 Å². The average Bonchev–Trinajstić information content (AvgIpc) is 3.54. The summed E-state index contributed by atoms with van der Waals surface area (Å²) in [6.07, 6.45) is 9.55.